The van der Waals surface area contributed by atoms with Crippen LogP contribution in [-0.4, -0.2) is 41.8 Å². The van der Waals surface area contributed by atoms with Gasteiger partial charge in [0.2, 0.25) is 5.91 Å². The number of thiophene rings is 1. The van der Waals surface area contributed by atoms with E-state index in [1.165, 1.54) is 23.5 Å². The summed E-state index contributed by atoms with van der Waals surface area (Å²) in [5.74, 6) is -2.14. The van der Waals surface area contributed by atoms with Gasteiger partial charge in [0.15, 0.2) is 5.96 Å². The molecule has 1 aromatic heterocycles. The molecule has 2 amide bonds. The van der Waals surface area contributed by atoms with E-state index < -0.39 is 35.6 Å². The Morgan fingerprint density at radius 1 is 1.25 bits per heavy atom. The molecule has 3 rings (SSSR count). The lowest BCUT2D eigenvalue weighted by molar-refractivity contribution is -0.139. The fraction of sp³-hybridized carbons (Fsp3) is 0.381. The maximum atomic E-state index is 13.7. The number of nitrogens with one attached hydrogen (secondary N) is 2. The molecule has 1 aliphatic heterocycles. The topological polar surface area (TPSA) is 125 Å². The average molecular weight is 468 g/mol. The van der Waals surface area contributed by atoms with Crippen LogP contribution in [0, 0.1) is 5.41 Å². The highest BCUT2D eigenvalue weighted by molar-refractivity contribution is 7.09. The van der Waals surface area contributed by atoms with Crippen molar-refractivity contribution >= 4 is 29.1 Å². The number of hydrogen-bond donors (Lipinski definition) is 4. The third-order valence-electron chi connectivity index (χ3n) is 5.43. The van der Waals surface area contributed by atoms with Crippen molar-refractivity contribution in [3.63, 3.8) is 0 Å². The molecule has 11 heteroatoms. The number of hydrogen-bond acceptors (Lipinski definition) is 5. The van der Waals surface area contributed by atoms with Crippen molar-refractivity contribution in [3.8, 4) is 0 Å². The van der Waals surface area contributed by atoms with Gasteiger partial charge in [-0.1, -0.05) is 12.1 Å². The summed E-state index contributed by atoms with van der Waals surface area (Å²) in [6.45, 7) is 0.622. The van der Waals surface area contributed by atoms with E-state index >= 15 is 0 Å². The minimum atomic E-state index is -4.65. The van der Waals surface area contributed by atoms with Gasteiger partial charge >= 0.3 is 6.18 Å². The Hall–Kier alpha value is -2.92. The molecule has 0 aliphatic carbocycles. The van der Waals surface area contributed by atoms with Crippen LogP contribution < -0.4 is 16.8 Å². The number of piperidine rings is 1. The highest BCUT2D eigenvalue weighted by atomic mass is 32.1. The first kappa shape index (κ1) is 23.7. The maximum absolute atomic E-state index is 13.7. The van der Waals surface area contributed by atoms with E-state index in [0.29, 0.717) is 32.4 Å². The molecule has 2 aromatic rings. The van der Waals surface area contributed by atoms with Crippen LogP contribution in [0.15, 0.2) is 35.7 Å². The van der Waals surface area contributed by atoms with Crippen LogP contribution in [0.2, 0.25) is 0 Å². The van der Waals surface area contributed by atoms with E-state index in [2.05, 4.69) is 0 Å². The zero-order valence-electron chi connectivity index (χ0n) is 17.1. The number of carbonyl (C=O) groups excluding carboxylic acids is 2. The van der Waals surface area contributed by atoms with Crippen LogP contribution in [-0.2, 0) is 17.4 Å². The number of halogens is 3. The molecule has 6 N–H and O–H groups in total. The maximum Gasteiger partial charge on any atom is 0.416 e. The average Bonchev–Trinajstić information content (AvgIpc) is 3.25. The number of nitrogens with two attached hydrogens (primary N) is 2. The molecule has 172 valence electrons. The lowest BCUT2D eigenvalue weighted by atomic mass is 9.85. The lowest BCUT2D eigenvalue weighted by Crippen LogP contribution is -2.47. The number of nitrogens with zero attached hydrogens (tertiary/aromatic N) is 1. The molecular weight excluding hydrogens is 443 g/mol. The zero-order valence-corrected chi connectivity index (χ0v) is 17.9. The van der Waals surface area contributed by atoms with E-state index in [1.54, 1.807) is 4.90 Å². The summed E-state index contributed by atoms with van der Waals surface area (Å²) in [5.41, 5.74) is 10.1. The number of benzene rings is 1. The third kappa shape index (κ3) is 5.65. The monoisotopic (exact) mass is 467 g/mol. The molecule has 0 bridgehead atoms. The van der Waals surface area contributed by atoms with Crippen LogP contribution in [0.4, 0.5) is 13.2 Å². The van der Waals surface area contributed by atoms with Gasteiger partial charge in [0.25, 0.3) is 5.91 Å². The summed E-state index contributed by atoms with van der Waals surface area (Å²) in [4.78, 5) is 27.2. The Labute approximate surface area is 187 Å². The van der Waals surface area contributed by atoms with Crippen LogP contribution in [0.5, 0.6) is 0 Å². The predicted molar refractivity (Wildman–Crippen MR) is 115 cm³/mol. The summed E-state index contributed by atoms with van der Waals surface area (Å²) < 4.78 is 41.2. The predicted octanol–water partition coefficient (Wildman–Crippen LogP) is 2.67. The van der Waals surface area contributed by atoms with Gasteiger partial charge < -0.3 is 16.4 Å². The van der Waals surface area contributed by atoms with Crippen molar-refractivity contribution < 1.29 is 22.8 Å². The van der Waals surface area contributed by atoms with Crippen LogP contribution in [0.1, 0.15) is 45.1 Å². The van der Waals surface area contributed by atoms with E-state index in [1.807, 2.05) is 22.8 Å². The molecule has 2 heterocycles. The molecule has 1 unspecified atom stereocenters. The van der Waals surface area contributed by atoms with Crippen molar-refractivity contribution in [2.24, 2.45) is 11.5 Å². The molecule has 1 aliphatic rings. The van der Waals surface area contributed by atoms with E-state index in [0.717, 1.165) is 10.9 Å². The largest absolute Gasteiger partial charge is 0.416 e. The first-order chi connectivity index (χ1) is 15.1. The molecule has 1 aromatic carbocycles. The lowest BCUT2D eigenvalue weighted by Gasteiger charge is -2.34. The fourth-order valence-electron chi connectivity index (χ4n) is 3.87. The number of rotatable bonds is 5. The van der Waals surface area contributed by atoms with Gasteiger partial charge in [0, 0.05) is 30.0 Å². The molecule has 0 radical (unpaired) electrons. The van der Waals surface area contributed by atoms with Gasteiger partial charge in [0.05, 0.1) is 11.6 Å². The third-order valence-corrected chi connectivity index (χ3v) is 6.33. The summed E-state index contributed by atoms with van der Waals surface area (Å²) >= 11 is 1.52. The number of alkyl halides is 3. The van der Waals surface area contributed by atoms with Crippen LogP contribution in [0.25, 0.3) is 0 Å². The Balaban J connectivity index is 1.70. The summed E-state index contributed by atoms with van der Waals surface area (Å²) in [7, 11) is 0. The van der Waals surface area contributed by atoms with E-state index in [-0.39, 0.29) is 17.0 Å². The van der Waals surface area contributed by atoms with Crippen molar-refractivity contribution in [2.75, 3.05) is 13.1 Å². The van der Waals surface area contributed by atoms with Gasteiger partial charge in [-0.3, -0.25) is 20.3 Å². The minimum absolute atomic E-state index is 0.0897. The molecule has 1 atom stereocenters. The Bertz CT molecular complexity index is 986. The highest BCUT2D eigenvalue weighted by Gasteiger charge is 2.37. The number of carbonyl (C=O) groups is 2. The van der Waals surface area contributed by atoms with Gasteiger partial charge in [-0.15, -0.1) is 11.3 Å². The number of guanidine groups is 1. The first-order valence-electron chi connectivity index (χ1n) is 9.99. The first-order valence-corrected chi connectivity index (χ1v) is 10.9. The highest BCUT2D eigenvalue weighted by Crippen LogP contribution is 2.39. The molecule has 32 heavy (non-hydrogen) atoms. The summed E-state index contributed by atoms with van der Waals surface area (Å²) in [5, 5.41) is 11.0. The second-order valence-electron chi connectivity index (χ2n) is 7.66. The van der Waals surface area contributed by atoms with Crippen molar-refractivity contribution in [1.82, 2.24) is 10.2 Å². The van der Waals surface area contributed by atoms with E-state index in [9.17, 15) is 22.8 Å². The second kappa shape index (κ2) is 9.70. The molecular formula is C21H24F3N5O2S. The molecule has 1 saturated heterocycles. The van der Waals surface area contributed by atoms with Crippen LogP contribution >= 0.6 is 11.3 Å². The van der Waals surface area contributed by atoms with Crippen molar-refractivity contribution in [1.29, 1.82) is 5.41 Å². The molecule has 1 fully saturated rings. The summed E-state index contributed by atoms with van der Waals surface area (Å²) in [6.07, 6.45) is -3.50. The quantitative estimate of drug-likeness (QED) is 0.398. The molecule has 7 nitrogen and oxygen atoms in total. The normalized spacial score (nSPS) is 15.9. The van der Waals surface area contributed by atoms with Crippen molar-refractivity contribution in [3.05, 3.63) is 57.3 Å². The molecule has 0 saturated carbocycles. The van der Waals surface area contributed by atoms with Gasteiger partial charge in [-0.05, 0) is 47.9 Å². The van der Waals surface area contributed by atoms with Gasteiger partial charge in [-0.25, -0.2) is 0 Å². The minimum Gasteiger partial charge on any atom is -0.370 e. The number of likely N-dealkylation sites (tertiary alicyclic amines) is 1. The second-order valence-corrected chi connectivity index (χ2v) is 8.69. The van der Waals surface area contributed by atoms with Gasteiger partial charge in [-0.2, -0.15) is 13.2 Å². The Kier molecular flexibility index (Phi) is 7.19. The Morgan fingerprint density at radius 2 is 1.94 bits per heavy atom. The number of amides is 2. The summed E-state index contributed by atoms with van der Waals surface area (Å²) in [6, 6.07) is 6.47. The SMILES string of the molecule is N=C(N)NC(=O)c1ccc(C2CCN(C(=O)C(N)Cc3cccs3)CC2)c(C(F)(F)F)c1. The van der Waals surface area contributed by atoms with Crippen molar-refractivity contribution in [2.45, 2.75) is 37.4 Å². The molecule has 0 spiro atoms. The van der Waals surface area contributed by atoms with E-state index in [4.69, 9.17) is 16.9 Å². The standard InChI is InChI=1S/C21H24F3N5O2S/c22-21(23,24)16-10-13(18(30)28-20(26)27)3-4-15(16)12-5-7-29(8-6-12)19(31)17(25)11-14-2-1-9-32-14/h1-4,9-10,12,17H,5-8,11,25H2,(H4,26,27,28,30). The smallest absolute Gasteiger partial charge is 0.370 e. The van der Waals surface area contributed by atoms with Crippen LogP contribution in [0.3, 0.4) is 0 Å². The zero-order chi connectivity index (χ0) is 23.5. The Morgan fingerprint density at radius 3 is 2.50 bits per heavy atom. The fourth-order valence-corrected chi connectivity index (χ4v) is 4.64. The van der Waals surface area contributed by atoms with Gasteiger partial charge in [0.1, 0.15) is 0 Å².